The number of rotatable bonds is 72. The summed E-state index contributed by atoms with van der Waals surface area (Å²) in [6.07, 6.45) is 59.6. The molecule has 0 aliphatic heterocycles. The van der Waals surface area contributed by atoms with Crippen molar-refractivity contribution in [2.45, 2.75) is 380 Å². The van der Waals surface area contributed by atoms with Crippen molar-refractivity contribution in [3.8, 4) is 0 Å². The van der Waals surface area contributed by atoms with E-state index < -0.39 is 97.5 Å². The second-order valence-electron chi connectivity index (χ2n) is 25.6. The Morgan fingerprint density at radius 3 is 0.793 bits per heavy atom. The minimum atomic E-state index is -4.96. The van der Waals surface area contributed by atoms with E-state index in [-0.39, 0.29) is 25.7 Å². The molecule has 0 aromatic rings. The first kappa shape index (κ1) is 89.5. The summed E-state index contributed by atoms with van der Waals surface area (Å²) in [5.74, 6) is -2.16. The van der Waals surface area contributed by atoms with Crippen LogP contribution in [-0.2, 0) is 65.4 Å². The average molecular weight is 1350 g/mol. The summed E-state index contributed by atoms with van der Waals surface area (Å²) in [4.78, 5) is 72.3. The number of carbonyl (C=O) groups excluding carboxylic acids is 4. The van der Waals surface area contributed by atoms with Crippen LogP contribution < -0.4 is 0 Å². The highest BCUT2D eigenvalue weighted by Crippen LogP contribution is 2.45. The van der Waals surface area contributed by atoms with Gasteiger partial charge < -0.3 is 33.8 Å². The Balaban J connectivity index is 5.15. The van der Waals surface area contributed by atoms with E-state index in [1.165, 1.54) is 167 Å². The van der Waals surface area contributed by atoms with Gasteiger partial charge in [0, 0.05) is 25.7 Å². The first-order chi connectivity index (χ1) is 44.7. The van der Waals surface area contributed by atoms with Gasteiger partial charge in [0.25, 0.3) is 0 Å². The van der Waals surface area contributed by atoms with Gasteiger partial charge in [-0.2, -0.15) is 0 Å². The predicted molar refractivity (Wildman–Crippen MR) is 372 cm³/mol. The smallest absolute Gasteiger partial charge is 0.462 e. The van der Waals surface area contributed by atoms with E-state index in [1.54, 1.807) is 0 Å². The van der Waals surface area contributed by atoms with Crippen molar-refractivity contribution in [1.82, 2.24) is 0 Å². The fourth-order valence-electron chi connectivity index (χ4n) is 10.7. The van der Waals surface area contributed by atoms with Crippen molar-refractivity contribution in [2.75, 3.05) is 39.6 Å². The van der Waals surface area contributed by atoms with Crippen molar-refractivity contribution in [3.05, 3.63) is 24.3 Å². The molecule has 0 aliphatic rings. The van der Waals surface area contributed by atoms with E-state index in [0.29, 0.717) is 25.7 Å². The van der Waals surface area contributed by atoms with Crippen molar-refractivity contribution < 1.29 is 80.2 Å². The SMILES string of the molecule is CCCCCC/C=C\C=C/CCCCCCCC(=O)OC[C@H](COP(=O)(O)OC[C@@H](O)COP(=O)(O)OC[C@@H](COC(=O)CCCCCCC)OC(=O)CCCCCCCCCCCCC)OC(=O)CCCCCCCCCCCCCCCCCCCCCCC. The molecule has 0 rings (SSSR count). The number of allylic oxidation sites excluding steroid dienone is 4. The van der Waals surface area contributed by atoms with Gasteiger partial charge in [-0.25, -0.2) is 9.13 Å². The Bertz CT molecular complexity index is 1850. The Morgan fingerprint density at radius 2 is 0.522 bits per heavy atom. The minimum Gasteiger partial charge on any atom is -0.462 e. The fraction of sp³-hybridized carbons (Fsp3) is 0.890. The third-order valence-electron chi connectivity index (χ3n) is 16.5. The van der Waals surface area contributed by atoms with Crippen LogP contribution in [0.15, 0.2) is 24.3 Å². The number of esters is 4. The summed E-state index contributed by atoms with van der Waals surface area (Å²) in [5.41, 5.74) is 0. The van der Waals surface area contributed by atoms with Gasteiger partial charge in [-0.15, -0.1) is 0 Å². The second-order valence-corrected chi connectivity index (χ2v) is 28.6. The molecule has 0 fully saturated rings. The van der Waals surface area contributed by atoms with E-state index in [9.17, 15) is 43.2 Å². The lowest BCUT2D eigenvalue weighted by molar-refractivity contribution is -0.161. The number of aliphatic hydroxyl groups is 1. The van der Waals surface area contributed by atoms with Gasteiger partial charge in [0.2, 0.25) is 0 Å². The van der Waals surface area contributed by atoms with E-state index in [4.69, 9.17) is 37.0 Å². The first-order valence-corrected chi connectivity index (χ1v) is 40.6. The zero-order chi connectivity index (χ0) is 67.5. The van der Waals surface area contributed by atoms with Crippen LogP contribution in [0.5, 0.6) is 0 Å². The number of carbonyl (C=O) groups is 4. The lowest BCUT2D eigenvalue weighted by Crippen LogP contribution is -2.30. The Morgan fingerprint density at radius 1 is 0.304 bits per heavy atom. The molecular weight excluding hydrogens is 1210 g/mol. The largest absolute Gasteiger partial charge is 0.472 e. The van der Waals surface area contributed by atoms with Crippen molar-refractivity contribution >= 4 is 39.5 Å². The molecule has 0 aromatic carbocycles. The van der Waals surface area contributed by atoms with E-state index >= 15 is 0 Å². The summed E-state index contributed by atoms with van der Waals surface area (Å²) in [6.45, 7) is 4.80. The fourth-order valence-corrected chi connectivity index (χ4v) is 12.3. The lowest BCUT2D eigenvalue weighted by atomic mass is 10.0. The normalized spacial score (nSPS) is 14.1. The van der Waals surface area contributed by atoms with Gasteiger partial charge in [-0.05, 0) is 51.4 Å². The Kier molecular flexibility index (Phi) is 65.3. The molecule has 0 spiro atoms. The van der Waals surface area contributed by atoms with Crippen LogP contribution in [0.25, 0.3) is 0 Å². The van der Waals surface area contributed by atoms with Crippen LogP contribution in [0.4, 0.5) is 0 Å². The molecule has 0 aliphatic carbocycles. The van der Waals surface area contributed by atoms with Gasteiger partial charge in [0.1, 0.15) is 19.3 Å². The molecular formula is C73H138O17P2. The predicted octanol–water partition coefficient (Wildman–Crippen LogP) is 21.0. The molecule has 3 N–H and O–H groups in total. The highest BCUT2D eigenvalue weighted by Gasteiger charge is 2.30. The van der Waals surface area contributed by atoms with Gasteiger partial charge in [0.15, 0.2) is 12.2 Å². The topological polar surface area (TPSA) is 237 Å². The molecule has 0 aromatic heterocycles. The number of hydrogen-bond acceptors (Lipinski definition) is 15. The molecule has 92 heavy (non-hydrogen) atoms. The molecule has 19 heteroatoms. The molecule has 0 saturated heterocycles. The van der Waals surface area contributed by atoms with E-state index in [1.807, 2.05) is 0 Å². The van der Waals surface area contributed by atoms with Crippen LogP contribution in [0.1, 0.15) is 362 Å². The Labute approximate surface area is 561 Å². The molecule has 0 heterocycles. The highest BCUT2D eigenvalue weighted by molar-refractivity contribution is 7.47. The highest BCUT2D eigenvalue weighted by atomic mass is 31.2. The quantitative estimate of drug-likeness (QED) is 0.0169. The number of phosphoric acid groups is 2. The molecule has 0 radical (unpaired) electrons. The van der Waals surface area contributed by atoms with Gasteiger partial charge in [-0.3, -0.25) is 37.3 Å². The second kappa shape index (κ2) is 67.1. The van der Waals surface area contributed by atoms with Gasteiger partial charge in [0.05, 0.1) is 26.4 Å². The summed E-state index contributed by atoms with van der Waals surface area (Å²) >= 11 is 0. The molecule has 0 amide bonds. The van der Waals surface area contributed by atoms with Crippen LogP contribution in [0.2, 0.25) is 0 Å². The van der Waals surface area contributed by atoms with Gasteiger partial charge >= 0.3 is 39.5 Å². The molecule has 542 valence electrons. The third-order valence-corrected chi connectivity index (χ3v) is 18.4. The van der Waals surface area contributed by atoms with Crippen molar-refractivity contribution in [3.63, 3.8) is 0 Å². The lowest BCUT2D eigenvalue weighted by Gasteiger charge is -2.21. The average Bonchev–Trinajstić information content (AvgIpc) is 3.67. The standard InChI is InChI=1S/C73H138O17P2/c1-5-9-13-17-20-23-26-28-30-31-32-33-34-35-37-39-42-45-48-52-56-60-73(78)90-69(64-84-71(76)58-54-50-46-43-41-38-36-29-27-24-21-18-14-10-6-2)66-88-92(81,82)86-62-67(74)61-85-91(79,80)87-65-68(63-83-70(75)57-53-49-16-12-8-4)89-72(77)59-55-51-47-44-40-25-22-19-15-11-7-3/h24,27,29,36,67-69,74H,5-23,25-26,28,30-35,37-66H2,1-4H3,(H,79,80)(H,81,82)/b27-24-,36-29-/t67-,68+,69+/m0/s1. The van der Waals surface area contributed by atoms with Gasteiger partial charge in [-0.1, -0.05) is 309 Å². The number of aliphatic hydroxyl groups excluding tert-OH is 1. The zero-order valence-corrected chi connectivity index (χ0v) is 60.8. The molecule has 0 bridgehead atoms. The van der Waals surface area contributed by atoms with Crippen LogP contribution in [0, 0.1) is 0 Å². The Hall–Kier alpha value is -2.46. The molecule has 17 nitrogen and oxygen atoms in total. The number of unbranched alkanes of at least 4 members (excludes halogenated alkanes) is 43. The van der Waals surface area contributed by atoms with Crippen LogP contribution in [-0.4, -0.2) is 96.7 Å². The van der Waals surface area contributed by atoms with E-state index in [2.05, 4.69) is 52.0 Å². The molecule has 2 unspecified atom stereocenters. The number of hydrogen-bond donors (Lipinski definition) is 3. The minimum absolute atomic E-state index is 0.102. The molecule has 5 atom stereocenters. The van der Waals surface area contributed by atoms with Crippen LogP contribution in [0.3, 0.4) is 0 Å². The number of ether oxygens (including phenoxy) is 4. The monoisotopic (exact) mass is 1350 g/mol. The maximum absolute atomic E-state index is 13.0. The van der Waals surface area contributed by atoms with Crippen molar-refractivity contribution in [1.29, 1.82) is 0 Å². The maximum atomic E-state index is 13.0. The maximum Gasteiger partial charge on any atom is 0.472 e. The summed E-state index contributed by atoms with van der Waals surface area (Å²) < 4.78 is 68.1. The molecule has 0 saturated carbocycles. The summed E-state index contributed by atoms with van der Waals surface area (Å²) in [6, 6.07) is 0. The number of phosphoric ester groups is 2. The van der Waals surface area contributed by atoms with E-state index in [0.717, 1.165) is 116 Å². The summed E-state index contributed by atoms with van der Waals surface area (Å²) in [7, 11) is -9.90. The summed E-state index contributed by atoms with van der Waals surface area (Å²) in [5, 5.41) is 10.6. The zero-order valence-electron chi connectivity index (χ0n) is 59.0. The third kappa shape index (κ3) is 66.2. The van der Waals surface area contributed by atoms with Crippen LogP contribution >= 0.6 is 15.6 Å². The van der Waals surface area contributed by atoms with Crippen molar-refractivity contribution in [2.24, 2.45) is 0 Å². The first-order valence-electron chi connectivity index (χ1n) is 37.6.